The summed E-state index contributed by atoms with van der Waals surface area (Å²) in [6.07, 6.45) is 0. The minimum Gasteiger partial charge on any atom is -0.467 e. The Morgan fingerprint density at radius 1 is 1.08 bits per heavy atom. The van der Waals surface area contributed by atoms with Crippen molar-refractivity contribution in [3.05, 3.63) is 0 Å². The van der Waals surface area contributed by atoms with Crippen LogP contribution in [-0.4, -0.2) is 62.0 Å². The van der Waals surface area contributed by atoms with Crippen molar-refractivity contribution in [1.29, 1.82) is 0 Å². The number of nitrogens with one attached hydrogen (secondary N) is 2. The predicted molar refractivity (Wildman–Crippen MR) is 93.3 cm³/mol. The van der Waals surface area contributed by atoms with E-state index in [1.54, 1.807) is 21.0 Å². The topological polar surface area (TPSA) is 87.7 Å². The maximum Gasteiger partial charge on any atom is 0.328 e. The van der Waals surface area contributed by atoms with Crippen molar-refractivity contribution in [2.24, 2.45) is 11.3 Å². The van der Waals surface area contributed by atoms with Gasteiger partial charge in [-0.15, -0.1) is 0 Å². The van der Waals surface area contributed by atoms with E-state index in [2.05, 4.69) is 10.6 Å². The summed E-state index contributed by atoms with van der Waals surface area (Å²) in [5, 5.41) is 5.64. The van der Waals surface area contributed by atoms with Gasteiger partial charge in [0.2, 0.25) is 11.8 Å². The van der Waals surface area contributed by atoms with Gasteiger partial charge in [0.05, 0.1) is 13.2 Å². The van der Waals surface area contributed by atoms with E-state index >= 15 is 0 Å². The fraction of sp³-hybridized carbons (Fsp3) is 0.824. The van der Waals surface area contributed by atoms with Crippen molar-refractivity contribution in [2.75, 3.05) is 21.2 Å². The first-order chi connectivity index (χ1) is 10.9. The van der Waals surface area contributed by atoms with Crippen LogP contribution in [0.2, 0.25) is 0 Å². The van der Waals surface area contributed by atoms with Crippen LogP contribution in [0.3, 0.4) is 0 Å². The highest BCUT2D eigenvalue weighted by Crippen LogP contribution is 2.23. The molecule has 0 rings (SSSR count). The molecular formula is C17H33N3O4. The molecule has 0 saturated carbocycles. The van der Waals surface area contributed by atoms with E-state index in [4.69, 9.17) is 4.74 Å². The fourth-order valence-corrected chi connectivity index (χ4v) is 2.39. The molecule has 0 aromatic carbocycles. The molecule has 0 aliphatic carbocycles. The summed E-state index contributed by atoms with van der Waals surface area (Å²) in [7, 11) is 4.54. The lowest BCUT2D eigenvalue weighted by molar-refractivity contribution is -0.155. The predicted octanol–water partition coefficient (Wildman–Crippen LogP) is 0.781. The molecule has 7 heteroatoms. The standard InChI is InChI=1S/C17H33N3O4/c1-10(2)12(16(23)24-9)20(8)15(22)13(17(4,5)6)19-14(21)11(3)18-7/h10-13,18H,1-9H3,(H,19,21)/t11?,12-,13+/m0/s1. The molecule has 0 radical (unpaired) electrons. The van der Waals surface area contributed by atoms with Crippen molar-refractivity contribution in [2.45, 2.75) is 59.7 Å². The number of carbonyl (C=O) groups is 3. The molecule has 0 saturated heterocycles. The second-order valence-corrected chi connectivity index (χ2v) is 7.48. The van der Waals surface area contributed by atoms with E-state index in [9.17, 15) is 14.4 Å². The van der Waals surface area contributed by atoms with Gasteiger partial charge < -0.3 is 20.3 Å². The summed E-state index contributed by atoms with van der Waals surface area (Å²) in [6.45, 7) is 11.0. The third kappa shape index (κ3) is 5.78. The van der Waals surface area contributed by atoms with E-state index in [0.29, 0.717) is 0 Å². The molecule has 0 aromatic rings. The Hall–Kier alpha value is -1.63. The van der Waals surface area contributed by atoms with Gasteiger partial charge in [0.15, 0.2) is 0 Å². The van der Waals surface area contributed by atoms with Gasteiger partial charge in [0, 0.05) is 7.05 Å². The molecule has 0 bridgehead atoms. The third-order valence-electron chi connectivity index (χ3n) is 4.06. The van der Waals surface area contributed by atoms with Crippen LogP contribution in [0.5, 0.6) is 0 Å². The SMILES string of the molecule is CNC(C)C(=O)N[C@H](C(=O)N(C)[C@H](C(=O)OC)C(C)C)C(C)(C)C. The zero-order valence-corrected chi connectivity index (χ0v) is 16.4. The second kappa shape index (κ2) is 9.01. The van der Waals surface area contributed by atoms with Gasteiger partial charge in [0.1, 0.15) is 12.1 Å². The molecular weight excluding hydrogens is 310 g/mol. The van der Waals surface area contributed by atoms with Crippen LogP contribution in [0.1, 0.15) is 41.5 Å². The van der Waals surface area contributed by atoms with Crippen LogP contribution in [0.25, 0.3) is 0 Å². The van der Waals surface area contributed by atoms with E-state index in [1.165, 1.54) is 12.0 Å². The lowest BCUT2D eigenvalue weighted by Gasteiger charge is -2.37. The van der Waals surface area contributed by atoms with Crippen molar-refractivity contribution in [1.82, 2.24) is 15.5 Å². The highest BCUT2D eigenvalue weighted by Gasteiger charge is 2.39. The first-order valence-corrected chi connectivity index (χ1v) is 8.20. The quantitative estimate of drug-likeness (QED) is 0.667. The fourth-order valence-electron chi connectivity index (χ4n) is 2.39. The number of hydrogen-bond acceptors (Lipinski definition) is 5. The van der Waals surface area contributed by atoms with Crippen molar-refractivity contribution in [3.63, 3.8) is 0 Å². The second-order valence-electron chi connectivity index (χ2n) is 7.48. The Morgan fingerprint density at radius 3 is 1.92 bits per heavy atom. The third-order valence-corrected chi connectivity index (χ3v) is 4.06. The van der Waals surface area contributed by atoms with Crippen LogP contribution >= 0.6 is 0 Å². The smallest absolute Gasteiger partial charge is 0.328 e. The highest BCUT2D eigenvalue weighted by atomic mass is 16.5. The first kappa shape index (κ1) is 22.4. The number of esters is 1. The van der Waals surface area contributed by atoms with Crippen LogP contribution in [0.15, 0.2) is 0 Å². The molecule has 0 aliphatic rings. The minimum absolute atomic E-state index is 0.112. The summed E-state index contributed by atoms with van der Waals surface area (Å²) in [5.41, 5.74) is -0.508. The Kier molecular flexibility index (Phi) is 8.40. The summed E-state index contributed by atoms with van der Waals surface area (Å²) in [6, 6.07) is -1.88. The number of nitrogens with zero attached hydrogens (tertiary/aromatic N) is 1. The number of methoxy groups -OCH3 is 1. The number of hydrogen-bond donors (Lipinski definition) is 2. The molecule has 2 amide bonds. The molecule has 3 atom stereocenters. The van der Waals surface area contributed by atoms with Gasteiger partial charge >= 0.3 is 5.97 Å². The van der Waals surface area contributed by atoms with E-state index in [1.807, 2.05) is 34.6 Å². The molecule has 0 spiro atoms. The summed E-state index contributed by atoms with van der Waals surface area (Å²) in [4.78, 5) is 38.6. The van der Waals surface area contributed by atoms with E-state index < -0.39 is 29.5 Å². The van der Waals surface area contributed by atoms with Crippen molar-refractivity contribution < 1.29 is 19.1 Å². The number of rotatable bonds is 7. The Morgan fingerprint density at radius 2 is 1.58 bits per heavy atom. The zero-order valence-electron chi connectivity index (χ0n) is 16.4. The molecule has 2 N–H and O–H groups in total. The number of amides is 2. The largest absolute Gasteiger partial charge is 0.467 e. The van der Waals surface area contributed by atoms with E-state index in [0.717, 1.165) is 0 Å². The average molecular weight is 343 g/mol. The van der Waals surface area contributed by atoms with Gasteiger partial charge in [-0.05, 0) is 25.3 Å². The summed E-state index contributed by atoms with van der Waals surface area (Å²) < 4.78 is 4.82. The van der Waals surface area contributed by atoms with E-state index in [-0.39, 0.29) is 17.7 Å². The van der Waals surface area contributed by atoms with Crippen LogP contribution in [0.4, 0.5) is 0 Å². The molecule has 1 unspecified atom stereocenters. The zero-order chi connectivity index (χ0) is 19.2. The van der Waals surface area contributed by atoms with Crippen LogP contribution < -0.4 is 10.6 Å². The summed E-state index contributed by atoms with van der Waals surface area (Å²) >= 11 is 0. The molecule has 0 heterocycles. The van der Waals surface area contributed by atoms with Gasteiger partial charge in [-0.25, -0.2) is 4.79 Å². The van der Waals surface area contributed by atoms with Crippen LogP contribution in [-0.2, 0) is 19.1 Å². The van der Waals surface area contributed by atoms with Crippen LogP contribution in [0, 0.1) is 11.3 Å². The number of likely N-dealkylation sites (N-methyl/N-ethyl adjacent to an activating group) is 2. The first-order valence-electron chi connectivity index (χ1n) is 8.20. The monoisotopic (exact) mass is 343 g/mol. The summed E-state index contributed by atoms with van der Waals surface area (Å²) in [5.74, 6) is -1.16. The van der Waals surface area contributed by atoms with Gasteiger partial charge in [0.25, 0.3) is 0 Å². The normalized spacial score (nSPS) is 15.4. The Balaban J connectivity index is 5.52. The van der Waals surface area contributed by atoms with Gasteiger partial charge in [-0.1, -0.05) is 34.6 Å². The number of carbonyl (C=O) groups excluding carboxylic acids is 3. The molecule has 140 valence electrons. The average Bonchev–Trinajstić information content (AvgIpc) is 2.48. The molecule has 0 fully saturated rings. The highest BCUT2D eigenvalue weighted by molar-refractivity contribution is 5.92. The Bertz CT molecular complexity index is 457. The van der Waals surface area contributed by atoms with Gasteiger partial charge in [-0.3, -0.25) is 9.59 Å². The van der Waals surface area contributed by atoms with Crippen molar-refractivity contribution >= 4 is 17.8 Å². The molecule has 0 aliphatic heterocycles. The maximum absolute atomic E-state index is 13.0. The lowest BCUT2D eigenvalue weighted by atomic mass is 9.85. The molecule has 0 aromatic heterocycles. The molecule has 7 nitrogen and oxygen atoms in total. The maximum atomic E-state index is 13.0. The minimum atomic E-state index is -0.753. The Labute approximate surface area is 145 Å². The molecule has 24 heavy (non-hydrogen) atoms. The number of ether oxygens (including phenoxy) is 1. The lowest BCUT2D eigenvalue weighted by Crippen LogP contribution is -2.59. The van der Waals surface area contributed by atoms with Crippen molar-refractivity contribution in [3.8, 4) is 0 Å². The van der Waals surface area contributed by atoms with Gasteiger partial charge in [-0.2, -0.15) is 0 Å².